The zero-order valence-corrected chi connectivity index (χ0v) is 22.6. The van der Waals surface area contributed by atoms with Crippen molar-refractivity contribution in [3.8, 4) is 11.3 Å². The minimum absolute atomic E-state index is 0.0223. The zero-order chi connectivity index (χ0) is 28.7. The van der Waals surface area contributed by atoms with Gasteiger partial charge in [0.2, 0.25) is 0 Å². The minimum atomic E-state index is -4.50. The highest BCUT2D eigenvalue weighted by Crippen LogP contribution is 2.59. The van der Waals surface area contributed by atoms with Crippen molar-refractivity contribution in [2.75, 3.05) is 4.90 Å². The summed E-state index contributed by atoms with van der Waals surface area (Å²) in [5.74, 6) is 1.50. The Balaban J connectivity index is 1.04. The van der Waals surface area contributed by atoms with Crippen molar-refractivity contribution in [1.82, 2.24) is 10.1 Å². The fourth-order valence-electron chi connectivity index (χ4n) is 7.44. The van der Waals surface area contributed by atoms with Crippen LogP contribution in [-0.4, -0.2) is 39.4 Å². The van der Waals surface area contributed by atoms with Gasteiger partial charge in [0.15, 0.2) is 0 Å². The van der Waals surface area contributed by atoms with Crippen LogP contribution in [0, 0.1) is 11.8 Å². The lowest BCUT2D eigenvalue weighted by Crippen LogP contribution is -2.42. The quantitative estimate of drug-likeness (QED) is 0.252. The average Bonchev–Trinajstić information content (AvgIpc) is 3.87. The number of aromatic nitrogens is 2. The molecule has 0 spiro atoms. The highest BCUT2D eigenvalue weighted by atomic mass is 19.4. The lowest BCUT2D eigenvalue weighted by atomic mass is 9.99. The molecule has 4 aromatic rings. The Morgan fingerprint density at radius 1 is 1.07 bits per heavy atom. The van der Waals surface area contributed by atoms with Crippen LogP contribution in [-0.2, 0) is 17.5 Å². The number of benzene rings is 2. The van der Waals surface area contributed by atoms with Gasteiger partial charge >= 0.3 is 12.1 Å². The summed E-state index contributed by atoms with van der Waals surface area (Å²) >= 11 is 0. The Labute approximate surface area is 239 Å². The van der Waals surface area contributed by atoms with Crippen LogP contribution in [0.25, 0.3) is 22.2 Å². The normalized spacial score (nSPS) is 26.5. The van der Waals surface area contributed by atoms with Gasteiger partial charge in [0.05, 0.1) is 29.4 Å². The van der Waals surface area contributed by atoms with Gasteiger partial charge in [0.25, 0.3) is 0 Å². The van der Waals surface area contributed by atoms with Crippen LogP contribution < -0.4 is 4.90 Å². The van der Waals surface area contributed by atoms with E-state index in [2.05, 4.69) is 10.1 Å². The maximum atomic E-state index is 13.8. The predicted molar refractivity (Wildman–Crippen MR) is 147 cm³/mol. The third-order valence-corrected chi connectivity index (χ3v) is 9.55. The van der Waals surface area contributed by atoms with Gasteiger partial charge in [-0.1, -0.05) is 23.4 Å². The lowest BCUT2D eigenvalue weighted by Gasteiger charge is -2.35. The van der Waals surface area contributed by atoms with Gasteiger partial charge in [-0.05, 0) is 74.4 Å². The number of piperidine rings is 1. The van der Waals surface area contributed by atoms with Crippen LogP contribution in [0.2, 0.25) is 0 Å². The summed E-state index contributed by atoms with van der Waals surface area (Å²) in [5, 5.41) is 14.2. The van der Waals surface area contributed by atoms with Crippen molar-refractivity contribution in [2.24, 2.45) is 11.8 Å². The molecule has 2 bridgehead atoms. The maximum Gasteiger partial charge on any atom is 0.417 e. The molecule has 2 aromatic heterocycles. The second kappa shape index (κ2) is 9.29. The Hall–Kier alpha value is -3.92. The second-order valence-corrected chi connectivity index (χ2v) is 12.0. The smallest absolute Gasteiger partial charge is 0.417 e. The van der Waals surface area contributed by atoms with Crippen molar-refractivity contribution < 1.29 is 32.3 Å². The number of hydrogen-bond acceptors (Lipinski definition) is 6. The van der Waals surface area contributed by atoms with Crippen molar-refractivity contribution >= 4 is 22.7 Å². The fourth-order valence-corrected chi connectivity index (χ4v) is 7.44. The number of anilines is 1. The van der Waals surface area contributed by atoms with Crippen molar-refractivity contribution in [1.29, 1.82) is 0 Å². The number of aromatic carboxylic acids is 1. The van der Waals surface area contributed by atoms with E-state index < -0.39 is 17.7 Å². The van der Waals surface area contributed by atoms with E-state index in [1.165, 1.54) is 12.1 Å². The predicted octanol–water partition coefficient (Wildman–Crippen LogP) is 7.06. The monoisotopic (exact) mass is 575 g/mol. The maximum absolute atomic E-state index is 13.8. The number of carbonyl (C=O) groups is 1. The molecule has 10 heteroatoms. The number of hydrogen-bond donors (Lipinski definition) is 1. The van der Waals surface area contributed by atoms with Crippen LogP contribution in [0.5, 0.6) is 0 Å². The molecule has 8 rings (SSSR count). The summed E-state index contributed by atoms with van der Waals surface area (Å²) in [4.78, 5) is 18.7. The summed E-state index contributed by atoms with van der Waals surface area (Å²) in [6.45, 7) is 0.173. The summed E-state index contributed by atoms with van der Waals surface area (Å²) in [7, 11) is 0. The summed E-state index contributed by atoms with van der Waals surface area (Å²) in [6, 6.07) is 15.0. The Morgan fingerprint density at radius 2 is 1.90 bits per heavy atom. The van der Waals surface area contributed by atoms with E-state index in [9.17, 15) is 23.1 Å². The molecule has 4 fully saturated rings. The topological polar surface area (TPSA) is 88.7 Å². The molecular formula is C32H28F3N3O4. The highest BCUT2D eigenvalue weighted by molar-refractivity contribution is 5.93. The molecule has 2 aliphatic carbocycles. The number of ether oxygens (including phenoxy) is 1. The summed E-state index contributed by atoms with van der Waals surface area (Å²) in [5.41, 5.74) is 1.15. The summed E-state index contributed by atoms with van der Waals surface area (Å²) < 4.78 is 53.7. The molecule has 2 saturated heterocycles. The molecule has 5 atom stereocenters. The van der Waals surface area contributed by atoms with E-state index in [4.69, 9.17) is 14.2 Å². The molecule has 1 N–H and O–H groups in total. The van der Waals surface area contributed by atoms with Crippen LogP contribution in [0.3, 0.4) is 0 Å². The van der Waals surface area contributed by atoms with Gasteiger partial charge in [-0.25, -0.2) is 9.78 Å². The first-order valence-corrected chi connectivity index (χ1v) is 14.5. The van der Waals surface area contributed by atoms with Crippen LogP contribution in [0.4, 0.5) is 19.0 Å². The van der Waals surface area contributed by atoms with Crippen LogP contribution in [0.15, 0.2) is 59.1 Å². The SMILES string of the molecule is O=C(O)c1ccc2nc(N3C4CC[C@H]3C3C(C4)C3OCc3c(-c4ccccc4C(F)(F)F)noc3C3CC3)ccc2c1. The molecule has 2 aliphatic heterocycles. The number of halogens is 3. The fraction of sp³-hybridized carbons (Fsp3) is 0.406. The van der Waals surface area contributed by atoms with Crippen LogP contribution >= 0.6 is 0 Å². The molecule has 0 amide bonds. The van der Waals surface area contributed by atoms with Crippen molar-refractivity contribution in [2.45, 2.75) is 69.0 Å². The molecule has 4 unspecified atom stereocenters. The molecule has 4 heterocycles. The standard InChI is InChI=1S/C32H28F3N3O4/c33-32(34,35)23-4-2-1-3-20(23)28-22(29(42-37-28)16-5-6-16)15-41-30-21-14-19-9-11-25(27(21)30)38(19)26-12-8-17-13-18(31(39)40)7-10-24(17)36-26/h1-4,7-8,10,12-13,16,19,21,25,27,30H,5-6,9,11,14-15H2,(H,39,40)/t19?,21?,25-,27?,30?/m0/s1. The van der Waals surface area contributed by atoms with E-state index >= 15 is 0 Å². The molecular weight excluding hydrogens is 547 g/mol. The number of rotatable bonds is 7. The molecule has 7 nitrogen and oxygen atoms in total. The first kappa shape index (κ1) is 25.8. The van der Waals surface area contributed by atoms with E-state index in [1.807, 2.05) is 12.1 Å². The molecule has 216 valence electrons. The summed E-state index contributed by atoms with van der Waals surface area (Å²) in [6.07, 6.45) is 0.489. The molecule has 4 aliphatic rings. The first-order valence-electron chi connectivity index (χ1n) is 14.5. The first-order chi connectivity index (χ1) is 20.3. The van der Waals surface area contributed by atoms with E-state index in [-0.39, 0.29) is 41.5 Å². The van der Waals surface area contributed by atoms with E-state index in [0.29, 0.717) is 29.2 Å². The average molecular weight is 576 g/mol. The number of nitrogens with zero attached hydrogens (tertiary/aromatic N) is 3. The van der Waals surface area contributed by atoms with Gasteiger partial charge < -0.3 is 19.3 Å². The third kappa shape index (κ3) is 4.18. The number of alkyl halides is 3. The van der Waals surface area contributed by atoms with E-state index in [1.54, 1.807) is 24.3 Å². The van der Waals surface area contributed by atoms with Gasteiger partial charge in [0, 0.05) is 40.4 Å². The second-order valence-electron chi connectivity index (χ2n) is 12.0. The molecule has 0 radical (unpaired) electrons. The Kier molecular flexibility index (Phi) is 5.70. The minimum Gasteiger partial charge on any atom is -0.478 e. The molecule has 42 heavy (non-hydrogen) atoms. The van der Waals surface area contributed by atoms with E-state index in [0.717, 1.165) is 54.9 Å². The number of carboxylic acids is 1. The number of carboxylic acid groups (broad SMARTS) is 1. The highest BCUT2D eigenvalue weighted by Gasteiger charge is 2.63. The van der Waals surface area contributed by atoms with Gasteiger partial charge in [-0.3, -0.25) is 0 Å². The van der Waals surface area contributed by atoms with Crippen molar-refractivity contribution in [3.63, 3.8) is 0 Å². The van der Waals surface area contributed by atoms with Crippen LogP contribution in [0.1, 0.15) is 65.3 Å². The molecule has 2 saturated carbocycles. The number of pyridine rings is 1. The third-order valence-electron chi connectivity index (χ3n) is 9.55. The lowest BCUT2D eigenvalue weighted by molar-refractivity contribution is -0.137. The zero-order valence-electron chi connectivity index (χ0n) is 22.6. The Morgan fingerprint density at radius 3 is 2.69 bits per heavy atom. The largest absolute Gasteiger partial charge is 0.478 e. The van der Waals surface area contributed by atoms with Gasteiger partial charge in [-0.15, -0.1) is 0 Å². The number of fused-ring (bicyclic) bond motifs is 5. The Bertz CT molecular complexity index is 1710. The van der Waals surface area contributed by atoms with Gasteiger partial charge in [0.1, 0.15) is 17.3 Å². The molecule has 2 aromatic carbocycles. The van der Waals surface area contributed by atoms with Gasteiger partial charge in [-0.2, -0.15) is 13.2 Å². The van der Waals surface area contributed by atoms with Crippen molar-refractivity contribution in [3.05, 3.63) is 77.0 Å².